The lowest BCUT2D eigenvalue weighted by molar-refractivity contribution is -0.135. The Labute approximate surface area is 104 Å². The lowest BCUT2D eigenvalue weighted by Crippen LogP contribution is -2.43. The van der Waals surface area contributed by atoms with Crippen LogP contribution in [0.15, 0.2) is 0 Å². The molecule has 0 aromatic heterocycles. The second kappa shape index (κ2) is 6.36. The van der Waals surface area contributed by atoms with Crippen molar-refractivity contribution in [2.45, 2.75) is 25.7 Å². The molecule has 2 saturated heterocycles. The average molecular weight is 240 g/mol. The summed E-state index contributed by atoms with van der Waals surface area (Å²) >= 11 is 0. The van der Waals surface area contributed by atoms with Crippen LogP contribution in [0.25, 0.3) is 0 Å². The summed E-state index contributed by atoms with van der Waals surface area (Å²) in [7, 11) is 1.94. The van der Waals surface area contributed by atoms with Gasteiger partial charge in [0.2, 0.25) is 5.91 Å². The molecular weight excluding hydrogens is 216 g/mol. The highest BCUT2D eigenvalue weighted by Gasteiger charge is 2.25. The molecule has 1 N–H and O–H groups in total. The standard InChI is InChI=1S/C13H24N2O2/c1-15(9-11-4-3-7-17-10-11)13(16)12-5-2-6-14-8-12/h11-12,14H,2-10H2,1H3. The minimum absolute atomic E-state index is 0.193. The van der Waals surface area contributed by atoms with Crippen molar-refractivity contribution >= 4 is 5.91 Å². The molecule has 0 saturated carbocycles. The fourth-order valence-electron chi connectivity index (χ4n) is 2.80. The molecular formula is C13H24N2O2. The average Bonchev–Trinajstić information content (AvgIpc) is 2.40. The molecule has 0 radical (unpaired) electrons. The van der Waals surface area contributed by atoms with E-state index in [9.17, 15) is 4.79 Å². The minimum atomic E-state index is 0.193. The second-order valence-corrected chi connectivity index (χ2v) is 5.35. The quantitative estimate of drug-likeness (QED) is 0.796. The van der Waals surface area contributed by atoms with Crippen LogP contribution < -0.4 is 5.32 Å². The number of carbonyl (C=O) groups excluding carboxylic acids is 1. The maximum atomic E-state index is 12.2. The van der Waals surface area contributed by atoms with Crippen molar-refractivity contribution in [2.75, 3.05) is 39.9 Å². The van der Waals surface area contributed by atoms with E-state index in [1.807, 2.05) is 11.9 Å². The molecule has 0 aromatic carbocycles. The number of hydrogen-bond donors (Lipinski definition) is 1. The van der Waals surface area contributed by atoms with Gasteiger partial charge in [0.25, 0.3) is 0 Å². The molecule has 2 atom stereocenters. The summed E-state index contributed by atoms with van der Waals surface area (Å²) in [6.07, 6.45) is 4.49. The Balaban J connectivity index is 1.77. The van der Waals surface area contributed by atoms with Gasteiger partial charge in [0.05, 0.1) is 12.5 Å². The Morgan fingerprint density at radius 3 is 2.94 bits per heavy atom. The topological polar surface area (TPSA) is 41.6 Å². The minimum Gasteiger partial charge on any atom is -0.381 e. The molecule has 2 aliphatic rings. The summed E-state index contributed by atoms with van der Waals surface area (Å²) in [5.74, 6) is 1.04. The monoisotopic (exact) mass is 240 g/mol. The Bertz CT molecular complexity index is 246. The Morgan fingerprint density at radius 1 is 1.41 bits per heavy atom. The van der Waals surface area contributed by atoms with Gasteiger partial charge in [0.15, 0.2) is 0 Å². The first-order chi connectivity index (χ1) is 8.27. The Kier molecular flexibility index (Phi) is 4.80. The van der Waals surface area contributed by atoms with Crippen LogP contribution in [0.5, 0.6) is 0 Å². The molecule has 2 rings (SSSR count). The fourth-order valence-corrected chi connectivity index (χ4v) is 2.80. The number of piperidine rings is 1. The summed E-state index contributed by atoms with van der Waals surface area (Å²) in [4.78, 5) is 14.1. The van der Waals surface area contributed by atoms with Crippen LogP contribution in [-0.4, -0.2) is 50.7 Å². The zero-order valence-electron chi connectivity index (χ0n) is 10.8. The molecule has 0 aromatic rings. The van der Waals surface area contributed by atoms with Crippen LogP contribution in [0, 0.1) is 11.8 Å². The lowest BCUT2D eigenvalue weighted by atomic mass is 9.97. The van der Waals surface area contributed by atoms with Crippen molar-refractivity contribution in [3.05, 3.63) is 0 Å². The number of carbonyl (C=O) groups is 1. The number of hydrogen-bond acceptors (Lipinski definition) is 3. The summed E-state index contributed by atoms with van der Waals surface area (Å²) < 4.78 is 5.46. The third-order valence-corrected chi connectivity index (χ3v) is 3.81. The largest absolute Gasteiger partial charge is 0.381 e. The van der Waals surface area contributed by atoms with Crippen molar-refractivity contribution in [1.29, 1.82) is 0 Å². The van der Waals surface area contributed by atoms with Crippen LogP contribution in [0.4, 0.5) is 0 Å². The summed E-state index contributed by atoms with van der Waals surface area (Å²) in [6.45, 7) is 4.48. The Hall–Kier alpha value is -0.610. The van der Waals surface area contributed by atoms with Crippen LogP contribution in [-0.2, 0) is 9.53 Å². The predicted molar refractivity (Wildman–Crippen MR) is 66.8 cm³/mol. The number of nitrogens with one attached hydrogen (secondary N) is 1. The van der Waals surface area contributed by atoms with E-state index in [1.165, 1.54) is 6.42 Å². The highest BCUT2D eigenvalue weighted by atomic mass is 16.5. The number of ether oxygens (including phenoxy) is 1. The highest BCUT2D eigenvalue weighted by Crippen LogP contribution is 2.17. The van der Waals surface area contributed by atoms with Gasteiger partial charge in [-0.05, 0) is 38.1 Å². The molecule has 4 nitrogen and oxygen atoms in total. The highest BCUT2D eigenvalue weighted by molar-refractivity contribution is 5.78. The van der Waals surface area contributed by atoms with Crippen molar-refractivity contribution < 1.29 is 9.53 Å². The Morgan fingerprint density at radius 2 is 2.29 bits per heavy atom. The van der Waals surface area contributed by atoms with Crippen molar-refractivity contribution in [2.24, 2.45) is 11.8 Å². The molecule has 0 aliphatic carbocycles. The van der Waals surface area contributed by atoms with Crippen molar-refractivity contribution in [3.8, 4) is 0 Å². The van der Waals surface area contributed by atoms with E-state index in [2.05, 4.69) is 5.32 Å². The smallest absolute Gasteiger partial charge is 0.226 e. The zero-order valence-corrected chi connectivity index (χ0v) is 10.8. The molecule has 0 bridgehead atoms. The van der Waals surface area contributed by atoms with Gasteiger partial charge in [-0.3, -0.25) is 4.79 Å². The van der Waals surface area contributed by atoms with Crippen LogP contribution in [0.2, 0.25) is 0 Å². The third-order valence-electron chi connectivity index (χ3n) is 3.81. The molecule has 98 valence electrons. The molecule has 2 heterocycles. The first-order valence-electron chi connectivity index (χ1n) is 6.81. The molecule has 2 fully saturated rings. The van der Waals surface area contributed by atoms with E-state index in [-0.39, 0.29) is 5.92 Å². The first kappa shape index (κ1) is 12.8. The van der Waals surface area contributed by atoms with E-state index in [1.54, 1.807) is 0 Å². The van der Waals surface area contributed by atoms with E-state index < -0.39 is 0 Å². The van der Waals surface area contributed by atoms with Gasteiger partial charge in [-0.15, -0.1) is 0 Å². The number of amides is 1. The summed E-state index contributed by atoms with van der Waals surface area (Å²) in [5, 5.41) is 3.30. The second-order valence-electron chi connectivity index (χ2n) is 5.35. The van der Waals surface area contributed by atoms with Gasteiger partial charge in [-0.25, -0.2) is 0 Å². The maximum Gasteiger partial charge on any atom is 0.226 e. The van der Waals surface area contributed by atoms with Gasteiger partial charge in [-0.1, -0.05) is 0 Å². The SMILES string of the molecule is CN(CC1CCCOC1)C(=O)C1CCCNC1. The van der Waals surface area contributed by atoms with Gasteiger partial charge in [-0.2, -0.15) is 0 Å². The van der Waals surface area contributed by atoms with Crippen molar-refractivity contribution in [3.63, 3.8) is 0 Å². The van der Waals surface area contributed by atoms with Crippen LogP contribution in [0.3, 0.4) is 0 Å². The number of nitrogens with zero attached hydrogens (tertiary/aromatic N) is 1. The van der Waals surface area contributed by atoms with E-state index >= 15 is 0 Å². The molecule has 2 unspecified atom stereocenters. The fraction of sp³-hybridized carbons (Fsp3) is 0.923. The zero-order chi connectivity index (χ0) is 12.1. The lowest BCUT2D eigenvalue weighted by Gasteiger charge is -2.31. The normalized spacial score (nSPS) is 29.9. The first-order valence-corrected chi connectivity index (χ1v) is 6.81. The molecule has 0 spiro atoms. The van der Waals surface area contributed by atoms with Crippen LogP contribution in [0.1, 0.15) is 25.7 Å². The van der Waals surface area contributed by atoms with Crippen LogP contribution >= 0.6 is 0 Å². The summed E-state index contributed by atoms with van der Waals surface area (Å²) in [6, 6.07) is 0. The van der Waals surface area contributed by atoms with Crippen molar-refractivity contribution in [1.82, 2.24) is 10.2 Å². The number of rotatable bonds is 3. The van der Waals surface area contributed by atoms with E-state index in [0.717, 1.165) is 52.1 Å². The molecule has 4 heteroatoms. The molecule has 17 heavy (non-hydrogen) atoms. The maximum absolute atomic E-state index is 12.2. The molecule has 1 amide bonds. The van der Waals surface area contributed by atoms with Gasteiger partial charge >= 0.3 is 0 Å². The van der Waals surface area contributed by atoms with Gasteiger partial charge in [0, 0.05) is 26.7 Å². The molecule has 2 aliphatic heterocycles. The van der Waals surface area contributed by atoms with Gasteiger partial charge < -0.3 is 15.0 Å². The van der Waals surface area contributed by atoms with E-state index in [0.29, 0.717) is 11.8 Å². The predicted octanol–water partition coefficient (Wildman–Crippen LogP) is 0.871. The van der Waals surface area contributed by atoms with Gasteiger partial charge in [0.1, 0.15) is 0 Å². The van der Waals surface area contributed by atoms with E-state index in [4.69, 9.17) is 4.74 Å². The third kappa shape index (κ3) is 3.68. The summed E-state index contributed by atoms with van der Waals surface area (Å²) in [5.41, 5.74) is 0.